The first-order valence-electron chi connectivity index (χ1n) is 8.03. The number of hydrogen-bond donors (Lipinski definition) is 3. The number of urea groups is 1. The van der Waals surface area contributed by atoms with Gasteiger partial charge in [-0.25, -0.2) is 9.59 Å². The van der Waals surface area contributed by atoms with Crippen LogP contribution < -0.4 is 16.0 Å². The smallest absolute Gasteiger partial charge is 0.341 e. The predicted octanol–water partition coefficient (Wildman–Crippen LogP) is 0.824. The van der Waals surface area contributed by atoms with Crippen LogP contribution in [0.4, 0.5) is 9.80 Å². The largest absolute Gasteiger partial charge is 0.462 e. The number of nitrogens with zero attached hydrogens (tertiary/aromatic N) is 3. The average Bonchev–Trinajstić information content (AvgIpc) is 3.30. The number of rotatable bonds is 5. The Labute approximate surface area is 152 Å². The van der Waals surface area contributed by atoms with Gasteiger partial charge >= 0.3 is 12.0 Å². The zero-order valence-corrected chi connectivity index (χ0v) is 15.1. The van der Waals surface area contributed by atoms with Gasteiger partial charge in [0, 0.05) is 12.1 Å². The maximum absolute atomic E-state index is 12.3. The number of nitrogens with one attached hydrogen (secondary N) is 3. The summed E-state index contributed by atoms with van der Waals surface area (Å²) in [6.45, 7) is 4.16. The highest BCUT2D eigenvalue weighted by Crippen LogP contribution is 2.35. The molecule has 138 valence electrons. The van der Waals surface area contributed by atoms with E-state index in [0.717, 1.165) is 11.3 Å². The Kier molecular flexibility index (Phi) is 5.16. The summed E-state index contributed by atoms with van der Waals surface area (Å²) in [5.74, 6) is -0.775. The number of carbonyl (C=O) groups excluding carboxylic acids is 3. The van der Waals surface area contributed by atoms with Crippen molar-refractivity contribution in [3.8, 4) is 5.00 Å². The van der Waals surface area contributed by atoms with E-state index < -0.39 is 18.0 Å². The highest BCUT2D eigenvalue weighted by molar-refractivity contribution is 7.19. The second kappa shape index (κ2) is 7.52. The minimum atomic E-state index is -0.589. The molecule has 0 bridgehead atoms. The van der Waals surface area contributed by atoms with Gasteiger partial charge in [0.2, 0.25) is 5.91 Å². The first kappa shape index (κ1) is 17.9. The lowest BCUT2D eigenvalue weighted by Gasteiger charge is -2.11. The van der Waals surface area contributed by atoms with Crippen molar-refractivity contribution in [2.75, 3.05) is 18.5 Å². The van der Waals surface area contributed by atoms with Gasteiger partial charge in [-0.05, 0) is 20.3 Å². The van der Waals surface area contributed by atoms with Gasteiger partial charge in [0.05, 0.1) is 24.6 Å². The van der Waals surface area contributed by atoms with E-state index in [9.17, 15) is 14.4 Å². The number of esters is 1. The predicted molar refractivity (Wildman–Crippen MR) is 93.5 cm³/mol. The Bertz CT molecular complexity index is 832. The molecule has 0 saturated carbocycles. The minimum absolute atomic E-state index is 0.206. The summed E-state index contributed by atoms with van der Waals surface area (Å²) in [6.07, 6.45) is 3.55. The molecule has 26 heavy (non-hydrogen) atoms. The van der Waals surface area contributed by atoms with Crippen molar-refractivity contribution in [1.29, 1.82) is 0 Å². The molecule has 3 N–H and O–H groups in total. The monoisotopic (exact) mass is 378 g/mol. The van der Waals surface area contributed by atoms with Gasteiger partial charge in [-0.3, -0.25) is 10.1 Å². The summed E-state index contributed by atoms with van der Waals surface area (Å²) in [7, 11) is 0. The third kappa shape index (κ3) is 3.52. The van der Waals surface area contributed by atoms with Crippen molar-refractivity contribution in [3.63, 3.8) is 0 Å². The standard InChI is InChI=1S/C15H18N6O4S/c1-3-25-14(23)10-8(2)13(21-17-6-7-18-21)26-12(10)20-15(24)19-9-4-5-16-11(9)22/h6-7,9H,3-5H2,1-2H3,(H,16,22)(H2,19,20,24)/t9-/m1/s1. The van der Waals surface area contributed by atoms with Gasteiger partial charge in [-0.1, -0.05) is 11.3 Å². The van der Waals surface area contributed by atoms with Crippen molar-refractivity contribution in [2.24, 2.45) is 0 Å². The molecule has 0 aliphatic carbocycles. The molecule has 3 heterocycles. The zero-order valence-electron chi connectivity index (χ0n) is 14.2. The number of amides is 3. The Hall–Kier alpha value is -2.95. The number of hydrogen-bond acceptors (Lipinski definition) is 7. The molecule has 0 aromatic carbocycles. The lowest BCUT2D eigenvalue weighted by Crippen LogP contribution is -2.42. The summed E-state index contributed by atoms with van der Waals surface area (Å²) in [6, 6.07) is -1.16. The molecule has 0 spiro atoms. The molecule has 1 aliphatic rings. The van der Waals surface area contributed by atoms with Gasteiger partial charge in [0.15, 0.2) is 0 Å². The van der Waals surface area contributed by atoms with Crippen molar-refractivity contribution >= 4 is 34.2 Å². The molecular formula is C15H18N6O4S. The number of ether oxygens (including phenoxy) is 1. The fourth-order valence-electron chi connectivity index (χ4n) is 2.58. The SMILES string of the molecule is CCOC(=O)c1c(NC(=O)N[C@@H]2CCNC2=O)sc(-n2nccn2)c1C. The fraction of sp³-hybridized carbons (Fsp3) is 0.400. The van der Waals surface area contributed by atoms with Crippen LogP contribution in [0, 0.1) is 6.92 Å². The van der Waals surface area contributed by atoms with Crippen LogP contribution >= 0.6 is 11.3 Å². The van der Waals surface area contributed by atoms with Gasteiger partial charge in [0.25, 0.3) is 0 Å². The molecule has 1 fully saturated rings. The molecule has 2 aromatic rings. The van der Waals surface area contributed by atoms with E-state index in [2.05, 4.69) is 26.1 Å². The van der Waals surface area contributed by atoms with Gasteiger partial charge in [0.1, 0.15) is 16.0 Å². The summed E-state index contributed by atoms with van der Waals surface area (Å²) in [4.78, 5) is 37.6. The molecular weight excluding hydrogens is 360 g/mol. The Morgan fingerprint density at radius 2 is 2.15 bits per heavy atom. The molecule has 3 rings (SSSR count). The van der Waals surface area contributed by atoms with Gasteiger partial charge in [-0.2, -0.15) is 10.2 Å². The highest BCUT2D eigenvalue weighted by Gasteiger charge is 2.28. The van der Waals surface area contributed by atoms with E-state index >= 15 is 0 Å². The molecule has 0 unspecified atom stereocenters. The van der Waals surface area contributed by atoms with Crippen molar-refractivity contribution < 1.29 is 19.1 Å². The Morgan fingerprint density at radius 3 is 2.77 bits per heavy atom. The van der Waals surface area contributed by atoms with Crippen LogP contribution in [-0.4, -0.2) is 52.1 Å². The van der Waals surface area contributed by atoms with Gasteiger partial charge < -0.3 is 15.4 Å². The van der Waals surface area contributed by atoms with Crippen LogP contribution in [0.3, 0.4) is 0 Å². The molecule has 3 amide bonds. The zero-order chi connectivity index (χ0) is 18.7. The summed E-state index contributed by atoms with van der Waals surface area (Å²) < 4.78 is 5.09. The average molecular weight is 378 g/mol. The number of anilines is 1. The Balaban J connectivity index is 1.86. The number of aromatic nitrogens is 3. The van der Waals surface area contributed by atoms with E-state index in [-0.39, 0.29) is 18.1 Å². The van der Waals surface area contributed by atoms with Crippen molar-refractivity contribution in [2.45, 2.75) is 26.3 Å². The van der Waals surface area contributed by atoms with Crippen LogP contribution in [0.15, 0.2) is 12.4 Å². The summed E-state index contributed by atoms with van der Waals surface area (Å²) in [5.41, 5.74) is 0.841. The van der Waals surface area contributed by atoms with E-state index in [4.69, 9.17) is 4.74 Å². The number of thiophene rings is 1. The fourth-order valence-corrected chi connectivity index (χ4v) is 3.69. The highest BCUT2D eigenvalue weighted by atomic mass is 32.1. The van der Waals surface area contributed by atoms with E-state index in [1.165, 1.54) is 17.2 Å². The molecule has 2 aromatic heterocycles. The normalized spacial score (nSPS) is 16.2. The number of carbonyl (C=O) groups is 3. The summed E-state index contributed by atoms with van der Waals surface area (Å²) >= 11 is 1.15. The minimum Gasteiger partial charge on any atom is -0.462 e. The quantitative estimate of drug-likeness (QED) is 0.661. The molecule has 1 atom stereocenters. The maximum atomic E-state index is 12.3. The Morgan fingerprint density at radius 1 is 1.42 bits per heavy atom. The lowest BCUT2D eigenvalue weighted by atomic mass is 10.2. The lowest BCUT2D eigenvalue weighted by molar-refractivity contribution is -0.120. The first-order valence-corrected chi connectivity index (χ1v) is 8.85. The second-order valence-corrected chi connectivity index (χ2v) is 6.51. The molecule has 11 heteroatoms. The molecule has 0 radical (unpaired) electrons. The first-order chi connectivity index (χ1) is 12.5. The third-order valence-corrected chi connectivity index (χ3v) is 4.96. The van der Waals surface area contributed by atoms with Crippen LogP contribution in [0.1, 0.15) is 29.3 Å². The van der Waals surface area contributed by atoms with Crippen LogP contribution in [0.5, 0.6) is 0 Å². The molecule has 1 saturated heterocycles. The van der Waals surface area contributed by atoms with Crippen LogP contribution in [0.25, 0.3) is 5.00 Å². The van der Waals surface area contributed by atoms with Crippen molar-refractivity contribution in [1.82, 2.24) is 25.6 Å². The van der Waals surface area contributed by atoms with E-state index in [0.29, 0.717) is 28.5 Å². The molecule has 1 aliphatic heterocycles. The topological polar surface area (TPSA) is 127 Å². The third-order valence-electron chi connectivity index (χ3n) is 3.78. The van der Waals surface area contributed by atoms with Crippen LogP contribution in [-0.2, 0) is 9.53 Å². The second-order valence-electron chi connectivity index (χ2n) is 5.51. The maximum Gasteiger partial charge on any atom is 0.341 e. The molecule has 10 nitrogen and oxygen atoms in total. The van der Waals surface area contributed by atoms with Crippen molar-refractivity contribution in [3.05, 3.63) is 23.5 Å². The van der Waals surface area contributed by atoms with E-state index in [1.807, 2.05) is 0 Å². The van der Waals surface area contributed by atoms with E-state index in [1.54, 1.807) is 13.8 Å². The van der Waals surface area contributed by atoms with Gasteiger partial charge in [-0.15, -0.1) is 4.80 Å². The van der Waals surface area contributed by atoms with Crippen LogP contribution in [0.2, 0.25) is 0 Å². The summed E-state index contributed by atoms with van der Waals surface area (Å²) in [5, 5.41) is 16.9.